The first-order chi connectivity index (χ1) is 12.9. The van der Waals surface area contributed by atoms with E-state index in [2.05, 4.69) is 20.6 Å². The van der Waals surface area contributed by atoms with Crippen LogP contribution in [0.2, 0.25) is 5.02 Å². The lowest BCUT2D eigenvalue weighted by molar-refractivity contribution is 0.102. The predicted octanol–water partition coefficient (Wildman–Crippen LogP) is 4.50. The summed E-state index contributed by atoms with van der Waals surface area (Å²) in [5.41, 5.74) is 3.80. The highest BCUT2D eigenvalue weighted by molar-refractivity contribution is 6.30. The summed E-state index contributed by atoms with van der Waals surface area (Å²) in [7, 11) is 3.98. The maximum atomic E-state index is 12.4. The van der Waals surface area contributed by atoms with Crippen LogP contribution in [0.4, 0.5) is 22.9 Å². The monoisotopic (exact) mass is 381 g/mol. The second-order valence-corrected chi connectivity index (χ2v) is 6.70. The Morgan fingerprint density at radius 3 is 2.37 bits per heavy atom. The van der Waals surface area contributed by atoms with Gasteiger partial charge < -0.3 is 15.5 Å². The molecule has 3 rings (SSSR count). The third-order valence-corrected chi connectivity index (χ3v) is 4.21. The SMILES string of the molecule is Cc1cc(Cl)ccc1NC(=O)c1cnc(Nc2ccc(N(C)C)cc2)cn1. The first kappa shape index (κ1) is 18.7. The van der Waals surface area contributed by atoms with Crippen LogP contribution in [-0.4, -0.2) is 30.0 Å². The van der Waals surface area contributed by atoms with Gasteiger partial charge in [0.15, 0.2) is 0 Å². The molecule has 0 aliphatic rings. The minimum Gasteiger partial charge on any atom is -0.378 e. The number of aromatic nitrogens is 2. The van der Waals surface area contributed by atoms with Gasteiger partial charge in [0, 0.05) is 36.2 Å². The average molecular weight is 382 g/mol. The number of hydrogen-bond acceptors (Lipinski definition) is 5. The van der Waals surface area contributed by atoms with Crippen LogP contribution < -0.4 is 15.5 Å². The summed E-state index contributed by atoms with van der Waals surface area (Å²) >= 11 is 5.93. The van der Waals surface area contributed by atoms with Crippen molar-refractivity contribution in [3.8, 4) is 0 Å². The number of anilines is 4. The van der Waals surface area contributed by atoms with E-state index in [1.165, 1.54) is 12.4 Å². The molecular weight excluding hydrogens is 362 g/mol. The lowest BCUT2D eigenvalue weighted by atomic mass is 10.2. The minimum absolute atomic E-state index is 0.234. The smallest absolute Gasteiger partial charge is 0.275 e. The topological polar surface area (TPSA) is 70.2 Å². The molecule has 0 spiro atoms. The van der Waals surface area contributed by atoms with Crippen LogP contribution in [0, 0.1) is 6.92 Å². The number of halogens is 1. The molecule has 0 bridgehead atoms. The molecule has 0 unspecified atom stereocenters. The lowest BCUT2D eigenvalue weighted by Crippen LogP contribution is -2.15. The third-order valence-electron chi connectivity index (χ3n) is 3.98. The van der Waals surface area contributed by atoms with Crippen molar-refractivity contribution in [3.05, 3.63) is 71.1 Å². The Kier molecular flexibility index (Phi) is 5.57. The number of amides is 1. The van der Waals surface area contributed by atoms with Gasteiger partial charge in [-0.2, -0.15) is 0 Å². The van der Waals surface area contributed by atoms with Gasteiger partial charge in [-0.05, 0) is 55.0 Å². The Hall–Kier alpha value is -3.12. The molecule has 0 aliphatic heterocycles. The van der Waals surface area contributed by atoms with Crippen molar-refractivity contribution >= 4 is 40.4 Å². The molecule has 1 aromatic heterocycles. The molecule has 0 saturated carbocycles. The molecule has 6 nitrogen and oxygen atoms in total. The minimum atomic E-state index is -0.324. The van der Waals surface area contributed by atoms with Gasteiger partial charge in [0.25, 0.3) is 5.91 Å². The van der Waals surface area contributed by atoms with Crippen LogP contribution in [0.1, 0.15) is 16.1 Å². The zero-order chi connectivity index (χ0) is 19.4. The molecule has 0 radical (unpaired) electrons. The zero-order valence-corrected chi connectivity index (χ0v) is 16.1. The molecular formula is C20H20ClN5O. The normalized spacial score (nSPS) is 10.4. The van der Waals surface area contributed by atoms with Crippen LogP contribution in [0.3, 0.4) is 0 Å². The van der Waals surface area contributed by atoms with Crippen LogP contribution >= 0.6 is 11.6 Å². The van der Waals surface area contributed by atoms with E-state index >= 15 is 0 Å². The molecule has 1 heterocycles. The van der Waals surface area contributed by atoms with Gasteiger partial charge in [0.2, 0.25) is 0 Å². The van der Waals surface area contributed by atoms with Crippen molar-refractivity contribution in [2.45, 2.75) is 6.92 Å². The number of carbonyl (C=O) groups excluding carboxylic acids is 1. The summed E-state index contributed by atoms with van der Waals surface area (Å²) in [5.74, 6) is 0.238. The fourth-order valence-electron chi connectivity index (χ4n) is 2.45. The lowest BCUT2D eigenvalue weighted by Gasteiger charge is -2.13. The van der Waals surface area contributed by atoms with E-state index in [4.69, 9.17) is 11.6 Å². The van der Waals surface area contributed by atoms with Crippen molar-refractivity contribution in [1.82, 2.24) is 9.97 Å². The van der Waals surface area contributed by atoms with Crippen LogP contribution in [-0.2, 0) is 0 Å². The number of hydrogen-bond donors (Lipinski definition) is 2. The molecule has 7 heteroatoms. The molecule has 138 valence electrons. The summed E-state index contributed by atoms with van der Waals surface area (Å²) in [6, 6.07) is 13.2. The summed E-state index contributed by atoms with van der Waals surface area (Å²) in [4.78, 5) is 22.8. The molecule has 2 N–H and O–H groups in total. The van der Waals surface area contributed by atoms with Crippen molar-refractivity contribution in [1.29, 1.82) is 0 Å². The van der Waals surface area contributed by atoms with E-state index in [-0.39, 0.29) is 11.6 Å². The number of rotatable bonds is 5. The predicted molar refractivity (Wildman–Crippen MR) is 110 cm³/mol. The van der Waals surface area contributed by atoms with Crippen molar-refractivity contribution in [2.75, 3.05) is 29.6 Å². The van der Waals surface area contributed by atoms with E-state index < -0.39 is 0 Å². The zero-order valence-electron chi connectivity index (χ0n) is 15.3. The summed E-state index contributed by atoms with van der Waals surface area (Å²) in [6.45, 7) is 1.88. The highest BCUT2D eigenvalue weighted by atomic mass is 35.5. The fraction of sp³-hybridized carbons (Fsp3) is 0.150. The maximum absolute atomic E-state index is 12.4. The Morgan fingerprint density at radius 2 is 1.78 bits per heavy atom. The van der Waals surface area contributed by atoms with Crippen molar-refractivity contribution < 1.29 is 4.79 Å². The van der Waals surface area contributed by atoms with Gasteiger partial charge in [-0.3, -0.25) is 4.79 Å². The van der Waals surface area contributed by atoms with Gasteiger partial charge in [-0.25, -0.2) is 9.97 Å². The number of carbonyl (C=O) groups is 1. The van der Waals surface area contributed by atoms with E-state index in [1.807, 2.05) is 50.2 Å². The summed E-state index contributed by atoms with van der Waals surface area (Å²) in [6.07, 6.45) is 2.97. The largest absolute Gasteiger partial charge is 0.378 e. The summed E-state index contributed by atoms with van der Waals surface area (Å²) < 4.78 is 0. The fourth-order valence-corrected chi connectivity index (χ4v) is 2.68. The van der Waals surface area contributed by atoms with E-state index in [1.54, 1.807) is 18.2 Å². The molecule has 0 aliphatic carbocycles. The molecule has 1 amide bonds. The van der Waals surface area contributed by atoms with Crippen molar-refractivity contribution in [3.63, 3.8) is 0 Å². The Bertz CT molecular complexity index is 940. The Balaban J connectivity index is 1.66. The highest BCUT2D eigenvalue weighted by Crippen LogP contribution is 2.21. The van der Waals surface area contributed by atoms with E-state index in [0.29, 0.717) is 16.5 Å². The van der Waals surface area contributed by atoms with Gasteiger partial charge >= 0.3 is 0 Å². The summed E-state index contributed by atoms with van der Waals surface area (Å²) in [5, 5.41) is 6.60. The standard InChI is InChI=1S/C20H20ClN5O/c1-13-10-14(21)4-9-17(13)25-20(27)18-11-23-19(12-22-18)24-15-5-7-16(8-6-15)26(2)3/h4-12H,1-3H3,(H,23,24)(H,25,27). The first-order valence-corrected chi connectivity index (χ1v) is 8.74. The average Bonchev–Trinajstić information content (AvgIpc) is 2.65. The molecule has 2 aromatic carbocycles. The molecule has 3 aromatic rings. The maximum Gasteiger partial charge on any atom is 0.275 e. The first-order valence-electron chi connectivity index (χ1n) is 8.36. The number of nitrogens with zero attached hydrogens (tertiary/aromatic N) is 3. The number of aryl methyl sites for hydroxylation is 1. The Labute approximate surface area is 163 Å². The molecule has 27 heavy (non-hydrogen) atoms. The molecule has 0 fully saturated rings. The van der Waals surface area contributed by atoms with E-state index in [9.17, 15) is 4.79 Å². The van der Waals surface area contributed by atoms with Crippen LogP contribution in [0.25, 0.3) is 0 Å². The van der Waals surface area contributed by atoms with Crippen molar-refractivity contribution in [2.24, 2.45) is 0 Å². The highest BCUT2D eigenvalue weighted by Gasteiger charge is 2.10. The second-order valence-electron chi connectivity index (χ2n) is 6.27. The van der Waals surface area contributed by atoms with Gasteiger partial charge in [0.1, 0.15) is 11.5 Å². The van der Waals surface area contributed by atoms with Gasteiger partial charge in [-0.1, -0.05) is 11.6 Å². The third kappa shape index (κ3) is 4.74. The Morgan fingerprint density at radius 1 is 1.04 bits per heavy atom. The number of nitrogens with one attached hydrogen (secondary N) is 2. The second kappa shape index (κ2) is 8.05. The van der Waals surface area contributed by atoms with E-state index in [0.717, 1.165) is 16.9 Å². The van der Waals surface area contributed by atoms with Crippen LogP contribution in [0.15, 0.2) is 54.9 Å². The van der Waals surface area contributed by atoms with Gasteiger partial charge in [-0.15, -0.1) is 0 Å². The quantitative estimate of drug-likeness (QED) is 0.680. The van der Waals surface area contributed by atoms with Gasteiger partial charge in [0.05, 0.1) is 12.4 Å². The molecule has 0 saturated heterocycles. The molecule has 0 atom stereocenters. The number of benzene rings is 2. The van der Waals surface area contributed by atoms with Crippen LogP contribution in [0.5, 0.6) is 0 Å².